The molecule has 0 aliphatic heterocycles. The van der Waals surface area contributed by atoms with E-state index >= 15 is 0 Å². The van der Waals surface area contributed by atoms with Crippen LogP contribution in [0, 0.1) is 0 Å². The maximum absolute atomic E-state index is 13.3. The Labute approximate surface area is 258 Å². The SMILES string of the molecule is C=C(CC(F)(F)C(F)(F)C(F)(F)C(F)(F)C(F)(F)C(F)(F)C(F)(F)C(F)(F)F)C(=O)O.CC(=CC(F)(F)C(F)(F)C(F)(F)C(C)(F)F)C(=O)O. The van der Waals surface area contributed by atoms with Crippen LogP contribution in [-0.4, -0.2) is 93.5 Å². The molecule has 0 bridgehead atoms. The Balaban J connectivity index is 0. The molecular formula is C21H13F25O4. The number of hydrogen-bond donors (Lipinski definition) is 2. The highest BCUT2D eigenvalue weighted by molar-refractivity contribution is 5.86. The smallest absolute Gasteiger partial charge is 0.460 e. The van der Waals surface area contributed by atoms with Gasteiger partial charge in [0.15, 0.2) is 0 Å². The van der Waals surface area contributed by atoms with Crippen LogP contribution in [0.2, 0.25) is 0 Å². The Bertz CT molecular complexity index is 1300. The van der Waals surface area contributed by atoms with Gasteiger partial charge in [-0.25, -0.2) is 9.59 Å². The van der Waals surface area contributed by atoms with E-state index in [0.29, 0.717) is 6.92 Å². The highest BCUT2D eigenvalue weighted by Gasteiger charge is 2.95. The van der Waals surface area contributed by atoms with Crippen LogP contribution in [0.1, 0.15) is 20.3 Å². The third-order valence-electron chi connectivity index (χ3n) is 5.62. The van der Waals surface area contributed by atoms with Gasteiger partial charge < -0.3 is 10.2 Å². The molecule has 0 heterocycles. The van der Waals surface area contributed by atoms with Gasteiger partial charge in [0, 0.05) is 30.6 Å². The molecule has 296 valence electrons. The summed E-state index contributed by atoms with van der Waals surface area (Å²) < 4.78 is 321. The lowest BCUT2D eigenvalue weighted by Crippen LogP contribution is -2.74. The van der Waals surface area contributed by atoms with E-state index in [1.807, 2.05) is 0 Å². The minimum Gasteiger partial charge on any atom is -0.478 e. The highest BCUT2D eigenvalue weighted by Crippen LogP contribution is 2.64. The summed E-state index contributed by atoms with van der Waals surface area (Å²) in [4.78, 5) is 20.4. The maximum Gasteiger partial charge on any atom is 0.460 e. The molecule has 0 aromatic rings. The normalized spacial score (nSPS) is 15.7. The monoisotopic (exact) mass is 804 g/mol. The average Bonchev–Trinajstić information content (AvgIpc) is 2.86. The summed E-state index contributed by atoms with van der Waals surface area (Å²) in [6, 6.07) is 0. The minimum atomic E-state index is -8.72. The van der Waals surface area contributed by atoms with Crippen LogP contribution in [0.25, 0.3) is 0 Å². The summed E-state index contributed by atoms with van der Waals surface area (Å²) in [5, 5.41) is 16.3. The number of allylic oxidation sites excluding steroid dienone is 1. The molecule has 4 nitrogen and oxygen atoms in total. The second kappa shape index (κ2) is 13.3. The van der Waals surface area contributed by atoms with E-state index in [2.05, 4.69) is 6.58 Å². The lowest BCUT2D eigenvalue weighted by atomic mass is 9.87. The van der Waals surface area contributed by atoms with Crippen LogP contribution in [0.5, 0.6) is 0 Å². The molecule has 0 rings (SSSR count). The molecule has 0 aromatic heterocycles. The summed E-state index contributed by atoms with van der Waals surface area (Å²) in [5.41, 5.74) is -3.51. The van der Waals surface area contributed by atoms with E-state index in [0.717, 1.165) is 0 Å². The number of aliphatic carboxylic acids is 2. The molecule has 50 heavy (non-hydrogen) atoms. The number of carbonyl (C=O) groups is 2. The van der Waals surface area contributed by atoms with Crippen molar-refractivity contribution in [2.24, 2.45) is 0 Å². The first-order valence-corrected chi connectivity index (χ1v) is 11.2. The van der Waals surface area contributed by atoms with E-state index in [9.17, 15) is 119 Å². The molecule has 0 spiro atoms. The summed E-state index contributed by atoms with van der Waals surface area (Å²) in [5.74, 6) is -86.1. The van der Waals surface area contributed by atoms with Gasteiger partial charge in [0.1, 0.15) is 0 Å². The van der Waals surface area contributed by atoms with Crippen molar-refractivity contribution in [1.82, 2.24) is 0 Å². The average molecular weight is 804 g/mol. The largest absolute Gasteiger partial charge is 0.478 e. The fourth-order valence-corrected chi connectivity index (χ4v) is 2.56. The number of carboxylic acids is 2. The van der Waals surface area contributed by atoms with Crippen molar-refractivity contribution in [3.63, 3.8) is 0 Å². The fraction of sp³-hybridized carbons (Fsp3) is 0.714. The van der Waals surface area contributed by atoms with Crippen molar-refractivity contribution < 1.29 is 130 Å². The standard InChI is InChI=1S/C12H5F17O2.C9H8F8O2/c1-3(4(30)31)2-5(13,14)6(15,16)7(17,18)8(19,20)9(21,22)10(23,24)11(25,26)12(27,28)29;1-4(5(18)19)3-7(12,13)9(16,17)8(14,15)6(2,10)11/h1-2H2,(H,30,31);3H,1-2H3,(H,18,19). The summed E-state index contributed by atoms with van der Waals surface area (Å²) >= 11 is 0. The predicted molar refractivity (Wildman–Crippen MR) is 109 cm³/mol. The van der Waals surface area contributed by atoms with E-state index in [1.54, 1.807) is 0 Å². The third kappa shape index (κ3) is 7.78. The predicted octanol–water partition coefficient (Wildman–Crippen LogP) is 9.61. The Kier molecular flexibility index (Phi) is 13.0. The second-order valence-corrected chi connectivity index (χ2v) is 9.53. The number of alkyl halides is 25. The van der Waals surface area contributed by atoms with Gasteiger partial charge in [0.25, 0.3) is 0 Å². The zero-order valence-corrected chi connectivity index (χ0v) is 23.2. The molecular weight excluding hydrogens is 791 g/mol. The molecule has 29 heteroatoms. The van der Waals surface area contributed by atoms with Gasteiger partial charge in [-0.15, -0.1) is 0 Å². The van der Waals surface area contributed by atoms with Crippen molar-refractivity contribution in [1.29, 1.82) is 0 Å². The van der Waals surface area contributed by atoms with Gasteiger partial charge in [-0.05, 0) is 6.92 Å². The van der Waals surface area contributed by atoms with Gasteiger partial charge >= 0.3 is 83.3 Å². The fourth-order valence-electron chi connectivity index (χ4n) is 2.56. The molecule has 0 aromatic carbocycles. The summed E-state index contributed by atoms with van der Waals surface area (Å²) in [7, 11) is 0. The molecule has 0 atom stereocenters. The molecule has 0 aliphatic carbocycles. The number of halogens is 25. The lowest BCUT2D eigenvalue weighted by molar-refractivity contribution is -0.461. The number of hydrogen-bond acceptors (Lipinski definition) is 2. The Morgan fingerprint density at radius 1 is 0.500 bits per heavy atom. The Morgan fingerprint density at radius 3 is 1.06 bits per heavy atom. The van der Waals surface area contributed by atoms with Crippen LogP contribution in [-0.2, 0) is 9.59 Å². The zero-order chi connectivity index (χ0) is 41.7. The lowest BCUT2D eigenvalue weighted by Gasteiger charge is -2.42. The second-order valence-electron chi connectivity index (χ2n) is 9.53. The molecule has 0 amide bonds. The van der Waals surface area contributed by atoms with Gasteiger partial charge in [-0.1, -0.05) is 6.58 Å². The van der Waals surface area contributed by atoms with E-state index in [4.69, 9.17) is 10.2 Å². The Morgan fingerprint density at radius 2 is 0.800 bits per heavy atom. The molecule has 0 saturated heterocycles. The minimum absolute atomic E-state index is 0.425. The van der Waals surface area contributed by atoms with Gasteiger partial charge in [-0.3, -0.25) is 0 Å². The van der Waals surface area contributed by atoms with Crippen molar-refractivity contribution in [2.75, 3.05) is 0 Å². The van der Waals surface area contributed by atoms with Gasteiger partial charge in [0.05, 0.1) is 0 Å². The zero-order valence-electron chi connectivity index (χ0n) is 23.2. The van der Waals surface area contributed by atoms with Crippen molar-refractivity contribution >= 4 is 11.9 Å². The molecule has 0 unspecified atom stereocenters. The third-order valence-corrected chi connectivity index (χ3v) is 5.62. The summed E-state index contributed by atoms with van der Waals surface area (Å²) in [6.45, 7) is 1.88. The van der Waals surface area contributed by atoms with Crippen LogP contribution < -0.4 is 0 Å². The molecule has 0 fully saturated rings. The molecule has 0 radical (unpaired) electrons. The number of carboxylic acid groups (broad SMARTS) is 2. The van der Waals surface area contributed by atoms with Gasteiger partial charge in [0.2, 0.25) is 0 Å². The first-order chi connectivity index (χ1) is 21.2. The first-order valence-electron chi connectivity index (χ1n) is 11.2. The quantitative estimate of drug-likeness (QED) is 0.136. The van der Waals surface area contributed by atoms with Crippen molar-refractivity contribution in [2.45, 2.75) is 91.6 Å². The van der Waals surface area contributed by atoms with Gasteiger partial charge in [-0.2, -0.15) is 110 Å². The van der Waals surface area contributed by atoms with Crippen LogP contribution >= 0.6 is 0 Å². The molecule has 0 saturated carbocycles. The van der Waals surface area contributed by atoms with Crippen molar-refractivity contribution in [3.05, 3.63) is 23.8 Å². The van der Waals surface area contributed by atoms with Crippen LogP contribution in [0.4, 0.5) is 110 Å². The summed E-state index contributed by atoms with van der Waals surface area (Å²) in [6.07, 6.45) is -12.0. The van der Waals surface area contributed by atoms with Crippen molar-refractivity contribution in [3.8, 4) is 0 Å². The van der Waals surface area contributed by atoms with Crippen LogP contribution in [0.3, 0.4) is 0 Å². The highest BCUT2D eigenvalue weighted by atomic mass is 19.4. The van der Waals surface area contributed by atoms with E-state index in [-0.39, 0.29) is 0 Å². The van der Waals surface area contributed by atoms with Crippen LogP contribution in [0.15, 0.2) is 23.8 Å². The molecule has 0 aliphatic rings. The first kappa shape index (κ1) is 48.8. The maximum atomic E-state index is 13.3. The topological polar surface area (TPSA) is 74.6 Å². The number of rotatable bonds is 14. The van der Waals surface area contributed by atoms with E-state index < -0.39 is 114 Å². The Hall–Kier alpha value is -3.33. The van der Waals surface area contributed by atoms with E-state index in [1.165, 1.54) is 0 Å². The molecule has 2 N–H and O–H groups in total.